The number of methoxy groups -OCH3 is 1. The van der Waals surface area contributed by atoms with Gasteiger partial charge in [-0.1, -0.05) is 0 Å². The van der Waals surface area contributed by atoms with Crippen molar-refractivity contribution in [2.24, 2.45) is 0 Å². The van der Waals surface area contributed by atoms with Gasteiger partial charge in [0, 0.05) is 12.3 Å². The molecule has 0 aliphatic heterocycles. The lowest BCUT2D eigenvalue weighted by molar-refractivity contribution is 0.102. The smallest absolute Gasteiger partial charge is 0.275 e. The number of benzene rings is 1. The lowest BCUT2D eigenvalue weighted by Gasteiger charge is -2.09. The first kappa shape index (κ1) is 12.6. The molecule has 0 radical (unpaired) electrons. The van der Waals surface area contributed by atoms with Crippen molar-refractivity contribution < 1.29 is 9.53 Å². The van der Waals surface area contributed by atoms with Gasteiger partial charge in [-0.2, -0.15) is 0 Å². The number of carbonyl (C=O) groups is 1. The molecular formula is C12H12N4O3. The molecule has 2 rings (SSSR count). The number of rotatable bonds is 3. The molecule has 7 nitrogen and oxygen atoms in total. The fourth-order valence-electron chi connectivity index (χ4n) is 1.42. The molecule has 7 heteroatoms. The maximum Gasteiger partial charge on any atom is 0.275 e. The fourth-order valence-corrected chi connectivity index (χ4v) is 1.42. The van der Waals surface area contributed by atoms with Gasteiger partial charge in [-0.3, -0.25) is 9.59 Å². The van der Waals surface area contributed by atoms with E-state index in [9.17, 15) is 9.59 Å². The summed E-state index contributed by atoms with van der Waals surface area (Å²) in [6, 6.07) is 4.90. The van der Waals surface area contributed by atoms with Crippen LogP contribution in [0.3, 0.4) is 0 Å². The minimum Gasteiger partial charge on any atom is -0.497 e. The highest BCUT2D eigenvalue weighted by molar-refractivity contribution is 6.04. The van der Waals surface area contributed by atoms with Gasteiger partial charge in [0.25, 0.3) is 11.5 Å². The van der Waals surface area contributed by atoms with E-state index in [0.29, 0.717) is 17.1 Å². The lowest BCUT2D eigenvalue weighted by atomic mass is 10.2. The van der Waals surface area contributed by atoms with Gasteiger partial charge >= 0.3 is 0 Å². The summed E-state index contributed by atoms with van der Waals surface area (Å²) in [7, 11) is 1.51. The number of aromatic amines is 1. The van der Waals surface area contributed by atoms with E-state index in [2.05, 4.69) is 15.3 Å². The number of H-pyrrole nitrogens is 1. The van der Waals surface area contributed by atoms with Crippen molar-refractivity contribution in [1.29, 1.82) is 0 Å². The van der Waals surface area contributed by atoms with Crippen molar-refractivity contribution in [3.63, 3.8) is 0 Å². The van der Waals surface area contributed by atoms with Crippen LogP contribution in [0.5, 0.6) is 5.75 Å². The first-order valence-electron chi connectivity index (χ1n) is 5.40. The van der Waals surface area contributed by atoms with Crippen LogP contribution in [0.2, 0.25) is 0 Å². The number of amides is 1. The van der Waals surface area contributed by atoms with Crippen LogP contribution in [0.4, 0.5) is 11.4 Å². The summed E-state index contributed by atoms with van der Waals surface area (Å²) in [4.78, 5) is 28.8. The normalized spacial score (nSPS) is 9.95. The Bertz CT molecular complexity index is 646. The first-order chi connectivity index (χ1) is 9.10. The third kappa shape index (κ3) is 2.89. The Labute approximate surface area is 108 Å². The van der Waals surface area contributed by atoms with E-state index < -0.39 is 5.91 Å². The molecule has 1 aromatic carbocycles. The molecule has 4 N–H and O–H groups in total. The highest BCUT2D eigenvalue weighted by atomic mass is 16.5. The lowest BCUT2D eigenvalue weighted by Crippen LogP contribution is -2.17. The summed E-state index contributed by atoms with van der Waals surface area (Å²) in [5.74, 6) is 0.0927. The zero-order chi connectivity index (χ0) is 13.8. The van der Waals surface area contributed by atoms with Crippen molar-refractivity contribution in [1.82, 2.24) is 9.97 Å². The molecule has 0 atom stereocenters. The Kier molecular flexibility index (Phi) is 3.46. The van der Waals surface area contributed by atoms with Crippen molar-refractivity contribution in [3.8, 4) is 5.75 Å². The van der Waals surface area contributed by atoms with Crippen molar-refractivity contribution in [2.75, 3.05) is 18.2 Å². The van der Waals surface area contributed by atoms with Gasteiger partial charge in [0.1, 0.15) is 11.4 Å². The van der Waals surface area contributed by atoms with E-state index in [1.807, 2.05) is 0 Å². The predicted octanol–water partition coefficient (Wildman–Crippen LogP) is 0.613. The Morgan fingerprint density at radius 1 is 1.47 bits per heavy atom. The van der Waals surface area contributed by atoms with Crippen molar-refractivity contribution in [3.05, 3.63) is 46.6 Å². The quantitative estimate of drug-likeness (QED) is 0.700. The molecule has 0 unspecified atom stereocenters. The number of nitrogens with two attached hydrogens (primary N) is 1. The maximum atomic E-state index is 11.9. The molecule has 0 bridgehead atoms. The number of hydrogen-bond acceptors (Lipinski definition) is 5. The largest absolute Gasteiger partial charge is 0.497 e. The Balaban J connectivity index is 2.23. The minimum atomic E-state index is -0.476. The number of aromatic nitrogens is 2. The van der Waals surface area contributed by atoms with Crippen LogP contribution >= 0.6 is 0 Å². The molecule has 98 valence electrons. The molecular weight excluding hydrogens is 248 g/mol. The number of ether oxygens (including phenoxy) is 1. The Morgan fingerprint density at radius 2 is 2.26 bits per heavy atom. The number of hydrogen-bond donors (Lipinski definition) is 3. The summed E-state index contributed by atoms with van der Waals surface area (Å²) < 4.78 is 5.04. The van der Waals surface area contributed by atoms with E-state index >= 15 is 0 Å². The second-order valence-electron chi connectivity index (χ2n) is 3.70. The average Bonchev–Trinajstić information content (AvgIpc) is 2.42. The van der Waals surface area contributed by atoms with Crippen LogP contribution in [0, 0.1) is 0 Å². The van der Waals surface area contributed by atoms with E-state index in [0.717, 1.165) is 6.20 Å². The maximum absolute atomic E-state index is 11.9. The average molecular weight is 260 g/mol. The van der Waals surface area contributed by atoms with Crippen LogP contribution in [0.15, 0.2) is 35.4 Å². The van der Waals surface area contributed by atoms with Crippen LogP contribution in [0.25, 0.3) is 0 Å². The minimum absolute atomic E-state index is 0.0850. The highest BCUT2D eigenvalue weighted by Gasteiger charge is 2.10. The third-order valence-electron chi connectivity index (χ3n) is 2.41. The summed E-state index contributed by atoms with van der Waals surface area (Å²) in [6.07, 6.45) is 2.26. The molecule has 0 aliphatic rings. The van der Waals surface area contributed by atoms with Gasteiger partial charge in [-0.05, 0) is 12.1 Å². The number of anilines is 2. The Morgan fingerprint density at radius 3 is 2.89 bits per heavy atom. The topological polar surface area (TPSA) is 110 Å². The van der Waals surface area contributed by atoms with Crippen LogP contribution in [-0.2, 0) is 0 Å². The molecule has 0 spiro atoms. The monoisotopic (exact) mass is 260 g/mol. The van der Waals surface area contributed by atoms with Crippen LogP contribution in [-0.4, -0.2) is 23.0 Å². The number of carbonyl (C=O) groups excluding carboxylic acids is 1. The summed E-state index contributed by atoms with van der Waals surface area (Å²) in [6.45, 7) is 0. The second kappa shape index (κ2) is 5.21. The van der Waals surface area contributed by atoms with Gasteiger partial charge in [-0.15, -0.1) is 0 Å². The highest BCUT2D eigenvalue weighted by Crippen LogP contribution is 2.24. The molecule has 19 heavy (non-hydrogen) atoms. The molecule has 1 heterocycles. The van der Waals surface area contributed by atoms with Crippen molar-refractivity contribution >= 4 is 17.3 Å². The number of nitrogen functional groups attached to an aromatic ring is 1. The van der Waals surface area contributed by atoms with Crippen molar-refractivity contribution in [2.45, 2.75) is 0 Å². The predicted molar refractivity (Wildman–Crippen MR) is 70.2 cm³/mol. The van der Waals surface area contributed by atoms with Crippen LogP contribution in [0.1, 0.15) is 10.5 Å². The SMILES string of the molecule is COc1ccc(N)c(NC(=O)c2c[nH]c(=O)cn2)c1. The van der Waals surface area contributed by atoms with E-state index in [1.165, 1.54) is 13.3 Å². The molecule has 1 amide bonds. The number of nitrogens with zero attached hydrogens (tertiary/aromatic N) is 1. The van der Waals surface area contributed by atoms with Gasteiger partial charge in [0.05, 0.1) is 24.7 Å². The zero-order valence-electron chi connectivity index (χ0n) is 10.1. The summed E-state index contributed by atoms with van der Waals surface area (Å²) in [5.41, 5.74) is 6.27. The van der Waals surface area contributed by atoms with Gasteiger partial charge in [-0.25, -0.2) is 4.98 Å². The Hall–Kier alpha value is -2.83. The first-order valence-corrected chi connectivity index (χ1v) is 5.40. The summed E-state index contributed by atoms with van der Waals surface area (Å²) >= 11 is 0. The van der Waals surface area contributed by atoms with E-state index in [4.69, 9.17) is 10.5 Å². The number of nitrogens with one attached hydrogen (secondary N) is 2. The van der Waals surface area contributed by atoms with Gasteiger partial charge < -0.3 is 20.8 Å². The van der Waals surface area contributed by atoms with E-state index in [1.54, 1.807) is 18.2 Å². The van der Waals surface area contributed by atoms with Gasteiger partial charge in [0.15, 0.2) is 0 Å². The standard InChI is InChI=1S/C12H12N4O3/c1-19-7-2-3-8(13)9(4-7)16-12(18)10-5-15-11(17)6-14-10/h2-6H,13H2,1H3,(H,15,17)(H,16,18). The molecule has 1 aromatic heterocycles. The summed E-state index contributed by atoms with van der Waals surface area (Å²) in [5, 5.41) is 2.59. The molecule has 0 saturated heterocycles. The third-order valence-corrected chi connectivity index (χ3v) is 2.41. The zero-order valence-corrected chi connectivity index (χ0v) is 10.1. The van der Waals surface area contributed by atoms with E-state index in [-0.39, 0.29) is 11.3 Å². The van der Waals surface area contributed by atoms with Gasteiger partial charge in [0.2, 0.25) is 0 Å². The molecule has 0 saturated carbocycles. The molecule has 0 aliphatic carbocycles. The fraction of sp³-hybridized carbons (Fsp3) is 0.0833. The van der Waals surface area contributed by atoms with Crippen LogP contribution < -0.4 is 21.3 Å². The molecule has 2 aromatic rings. The second-order valence-corrected chi connectivity index (χ2v) is 3.70. The molecule has 0 fully saturated rings.